The Balaban J connectivity index is 3.01. The Kier molecular flexibility index (Phi) is 3.39. The van der Waals surface area contributed by atoms with Gasteiger partial charge in [0, 0.05) is 12.7 Å². The monoisotopic (exact) mass is 251 g/mol. The molecule has 94 valence electrons. The third-order valence-corrected chi connectivity index (χ3v) is 1.81. The average molecular weight is 251 g/mol. The molecule has 0 aliphatic rings. The molecule has 0 aliphatic heterocycles. The summed E-state index contributed by atoms with van der Waals surface area (Å²) in [6.07, 6.45) is -4.06. The quantitative estimate of drug-likeness (QED) is 0.842. The summed E-state index contributed by atoms with van der Waals surface area (Å²) in [7, 11) is 0. The highest BCUT2D eigenvalue weighted by molar-refractivity contribution is 6.00. The lowest BCUT2D eigenvalue weighted by Crippen LogP contribution is -2.30. The number of rotatable bonds is 3. The van der Waals surface area contributed by atoms with Gasteiger partial charge in [0.15, 0.2) is 5.82 Å². The third kappa shape index (κ3) is 2.95. The van der Waals surface area contributed by atoms with Gasteiger partial charge in [-0.2, -0.15) is 18.3 Å². The molecule has 0 saturated heterocycles. The van der Waals surface area contributed by atoms with E-state index in [9.17, 15) is 22.8 Å². The highest BCUT2D eigenvalue weighted by Crippen LogP contribution is 2.19. The Bertz CT molecular complexity index is 453. The van der Waals surface area contributed by atoms with E-state index in [2.05, 4.69) is 5.10 Å². The summed E-state index contributed by atoms with van der Waals surface area (Å²) < 4.78 is 37.0. The number of halogens is 3. The summed E-state index contributed by atoms with van der Waals surface area (Å²) in [5, 5.41) is 13.6. The van der Waals surface area contributed by atoms with Gasteiger partial charge < -0.3 is 10.4 Å². The van der Waals surface area contributed by atoms with Gasteiger partial charge in [0.1, 0.15) is 5.56 Å². The van der Waals surface area contributed by atoms with Crippen LogP contribution in [-0.4, -0.2) is 32.9 Å². The lowest BCUT2D eigenvalue weighted by Gasteiger charge is -2.05. The van der Waals surface area contributed by atoms with Crippen LogP contribution in [0.5, 0.6) is 0 Å². The molecule has 0 saturated carbocycles. The normalized spacial score (nSPS) is 11.3. The minimum Gasteiger partial charge on any atom is -0.477 e. The standard InChI is InChI=1S/C8H8F3N3O3/c1-2-14-3-4(6(15)16)5(13-14)12-7(17)8(9,10)11/h3H,2H2,1H3,(H,15,16)(H,12,13,17). The maximum atomic E-state index is 12.0. The Morgan fingerprint density at radius 3 is 2.53 bits per heavy atom. The molecule has 1 aromatic rings. The molecule has 0 fully saturated rings. The van der Waals surface area contributed by atoms with Crippen molar-refractivity contribution in [2.24, 2.45) is 0 Å². The van der Waals surface area contributed by atoms with Gasteiger partial charge in [0.2, 0.25) is 0 Å². The number of aryl methyl sites for hydroxylation is 1. The molecule has 0 bridgehead atoms. The number of carboxylic acids is 1. The maximum absolute atomic E-state index is 12.0. The summed E-state index contributed by atoms with van der Waals surface area (Å²) in [4.78, 5) is 21.3. The molecular formula is C8H8F3N3O3. The summed E-state index contributed by atoms with van der Waals surface area (Å²) >= 11 is 0. The number of nitrogens with zero attached hydrogens (tertiary/aromatic N) is 2. The highest BCUT2D eigenvalue weighted by Gasteiger charge is 2.39. The van der Waals surface area contributed by atoms with Crippen LogP contribution in [0.4, 0.5) is 19.0 Å². The minimum absolute atomic E-state index is 0.266. The number of hydrogen-bond acceptors (Lipinski definition) is 3. The fourth-order valence-electron chi connectivity index (χ4n) is 1.01. The van der Waals surface area contributed by atoms with Crippen molar-refractivity contribution in [2.45, 2.75) is 19.6 Å². The molecule has 0 unspecified atom stereocenters. The molecule has 0 aromatic carbocycles. The zero-order chi connectivity index (χ0) is 13.2. The van der Waals surface area contributed by atoms with Crippen LogP contribution >= 0.6 is 0 Å². The lowest BCUT2D eigenvalue weighted by molar-refractivity contribution is -0.167. The SMILES string of the molecule is CCn1cc(C(=O)O)c(NC(=O)C(F)(F)F)n1. The number of amides is 1. The van der Waals surface area contributed by atoms with Crippen molar-refractivity contribution < 1.29 is 27.9 Å². The van der Waals surface area contributed by atoms with Crippen molar-refractivity contribution in [1.29, 1.82) is 0 Å². The second-order valence-electron chi connectivity index (χ2n) is 3.00. The molecule has 1 aromatic heterocycles. The van der Waals surface area contributed by atoms with Gasteiger partial charge in [-0.1, -0.05) is 0 Å². The van der Waals surface area contributed by atoms with Gasteiger partial charge >= 0.3 is 18.1 Å². The predicted molar refractivity (Wildman–Crippen MR) is 49.5 cm³/mol. The van der Waals surface area contributed by atoms with E-state index in [1.807, 2.05) is 0 Å². The topological polar surface area (TPSA) is 84.2 Å². The molecule has 0 spiro atoms. The second-order valence-corrected chi connectivity index (χ2v) is 3.00. The molecule has 9 heteroatoms. The van der Waals surface area contributed by atoms with Crippen molar-refractivity contribution in [1.82, 2.24) is 9.78 Å². The first-order valence-electron chi connectivity index (χ1n) is 4.44. The first kappa shape index (κ1) is 13.0. The van der Waals surface area contributed by atoms with E-state index >= 15 is 0 Å². The number of alkyl halides is 3. The first-order valence-corrected chi connectivity index (χ1v) is 4.44. The molecular weight excluding hydrogens is 243 g/mol. The average Bonchev–Trinajstić information content (AvgIpc) is 2.59. The van der Waals surface area contributed by atoms with E-state index in [4.69, 9.17) is 5.11 Å². The van der Waals surface area contributed by atoms with Crippen molar-refractivity contribution in [3.8, 4) is 0 Å². The Labute approximate surface area is 93.0 Å². The van der Waals surface area contributed by atoms with Crippen LogP contribution < -0.4 is 5.32 Å². The zero-order valence-electron chi connectivity index (χ0n) is 8.58. The zero-order valence-corrected chi connectivity index (χ0v) is 8.58. The van der Waals surface area contributed by atoms with Crippen LogP contribution in [0.3, 0.4) is 0 Å². The number of carboxylic acid groups (broad SMARTS) is 1. The summed E-state index contributed by atoms with van der Waals surface area (Å²) in [5.41, 5.74) is -0.496. The number of aromatic carboxylic acids is 1. The van der Waals surface area contributed by atoms with Crippen molar-refractivity contribution in [2.75, 3.05) is 5.32 Å². The van der Waals surface area contributed by atoms with Crippen molar-refractivity contribution in [3.63, 3.8) is 0 Å². The third-order valence-electron chi connectivity index (χ3n) is 1.81. The molecule has 1 rings (SSSR count). The van der Waals surface area contributed by atoms with E-state index in [1.165, 1.54) is 5.32 Å². The largest absolute Gasteiger partial charge is 0.477 e. The minimum atomic E-state index is -5.09. The van der Waals surface area contributed by atoms with Crippen LogP contribution in [0.2, 0.25) is 0 Å². The molecule has 0 atom stereocenters. The summed E-state index contributed by atoms with van der Waals surface area (Å²) in [5.74, 6) is -4.36. The molecule has 2 N–H and O–H groups in total. The summed E-state index contributed by atoms with van der Waals surface area (Å²) in [6, 6.07) is 0. The Hall–Kier alpha value is -2.06. The highest BCUT2D eigenvalue weighted by atomic mass is 19.4. The van der Waals surface area contributed by atoms with Crippen LogP contribution in [0.25, 0.3) is 0 Å². The fourth-order valence-corrected chi connectivity index (χ4v) is 1.01. The van der Waals surface area contributed by atoms with E-state index in [1.54, 1.807) is 6.92 Å². The molecule has 17 heavy (non-hydrogen) atoms. The molecule has 0 radical (unpaired) electrons. The molecule has 1 amide bonds. The van der Waals surface area contributed by atoms with Gasteiger partial charge in [0.05, 0.1) is 0 Å². The Morgan fingerprint density at radius 1 is 1.53 bits per heavy atom. The van der Waals surface area contributed by atoms with Crippen molar-refractivity contribution >= 4 is 17.7 Å². The van der Waals surface area contributed by atoms with E-state index < -0.39 is 29.4 Å². The van der Waals surface area contributed by atoms with Gasteiger partial charge in [-0.25, -0.2) is 4.79 Å². The summed E-state index contributed by atoms with van der Waals surface area (Å²) in [6.45, 7) is 1.89. The number of anilines is 1. The van der Waals surface area contributed by atoms with Gasteiger partial charge in [-0.3, -0.25) is 9.48 Å². The number of carbonyl (C=O) groups excluding carboxylic acids is 1. The van der Waals surface area contributed by atoms with Gasteiger partial charge in [-0.15, -0.1) is 0 Å². The smallest absolute Gasteiger partial charge is 0.471 e. The molecule has 0 aliphatic carbocycles. The van der Waals surface area contributed by atoms with E-state index in [0.29, 0.717) is 0 Å². The first-order chi connectivity index (χ1) is 7.75. The van der Waals surface area contributed by atoms with Crippen LogP contribution in [0.1, 0.15) is 17.3 Å². The number of hydrogen-bond donors (Lipinski definition) is 2. The second kappa shape index (κ2) is 4.44. The van der Waals surface area contributed by atoms with Gasteiger partial charge in [0.25, 0.3) is 0 Å². The van der Waals surface area contributed by atoms with Crippen LogP contribution in [0, 0.1) is 0 Å². The molecule has 1 heterocycles. The fraction of sp³-hybridized carbons (Fsp3) is 0.375. The van der Waals surface area contributed by atoms with Crippen LogP contribution in [-0.2, 0) is 11.3 Å². The lowest BCUT2D eigenvalue weighted by atomic mass is 10.3. The Morgan fingerprint density at radius 2 is 2.12 bits per heavy atom. The van der Waals surface area contributed by atoms with E-state index in [0.717, 1.165) is 10.9 Å². The number of carbonyl (C=O) groups is 2. The predicted octanol–water partition coefficient (Wildman–Crippen LogP) is 1.10. The maximum Gasteiger partial charge on any atom is 0.471 e. The number of nitrogens with one attached hydrogen (secondary N) is 1. The van der Waals surface area contributed by atoms with E-state index in [-0.39, 0.29) is 6.54 Å². The van der Waals surface area contributed by atoms with Gasteiger partial charge in [-0.05, 0) is 6.92 Å². The number of aromatic nitrogens is 2. The van der Waals surface area contributed by atoms with Crippen molar-refractivity contribution in [3.05, 3.63) is 11.8 Å². The van der Waals surface area contributed by atoms with Crippen LogP contribution in [0.15, 0.2) is 6.20 Å². The molecule has 6 nitrogen and oxygen atoms in total.